The van der Waals surface area contributed by atoms with Crippen LogP contribution in [-0.2, 0) is 0 Å². The molecule has 6 nitrogen and oxygen atoms in total. The summed E-state index contributed by atoms with van der Waals surface area (Å²) in [5.74, 6) is -0.537. The second-order valence-electron chi connectivity index (χ2n) is 7.10. The van der Waals surface area contributed by atoms with E-state index in [2.05, 4.69) is 15.7 Å². The summed E-state index contributed by atoms with van der Waals surface area (Å²) in [7, 11) is 0. The van der Waals surface area contributed by atoms with Gasteiger partial charge in [-0.05, 0) is 55.0 Å². The van der Waals surface area contributed by atoms with Gasteiger partial charge < -0.3 is 10.6 Å². The third kappa shape index (κ3) is 4.70. The molecule has 3 aromatic carbocycles. The molecule has 1 aromatic heterocycles. The molecule has 4 rings (SSSR count). The third-order valence-electron chi connectivity index (χ3n) is 4.97. The Bertz CT molecular complexity index is 1170. The highest BCUT2D eigenvalue weighted by molar-refractivity contribution is 6.09. The number of carbonyl (C=O) groups excluding carboxylic acids is 2. The second-order valence-corrected chi connectivity index (χ2v) is 7.10. The van der Waals surface area contributed by atoms with E-state index in [1.54, 1.807) is 47.3 Å². The summed E-state index contributed by atoms with van der Waals surface area (Å²) in [5, 5.41) is 10.0. The Kier molecular flexibility index (Phi) is 5.89. The SMILES string of the molecule is CC(NC(=O)c1ccccc1NC(=O)c1ccc(-n2cccn2)cc1)c1ccccc1. The topological polar surface area (TPSA) is 76.0 Å². The lowest BCUT2D eigenvalue weighted by atomic mass is 10.1. The van der Waals surface area contributed by atoms with Crippen LogP contribution in [0.4, 0.5) is 5.69 Å². The number of nitrogens with zero attached hydrogens (tertiary/aromatic N) is 2. The first-order valence-electron chi connectivity index (χ1n) is 9.98. The Morgan fingerprint density at radius 2 is 1.55 bits per heavy atom. The van der Waals surface area contributed by atoms with Gasteiger partial charge in [0.25, 0.3) is 11.8 Å². The van der Waals surface area contributed by atoms with Crippen molar-refractivity contribution in [3.05, 3.63) is 114 Å². The van der Waals surface area contributed by atoms with Gasteiger partial charge in [-0.3, -0.25) is 9.59 Å². The molecule has 0 saturated heterocycles. The quantitative estimate of drug-likeness (QED) is 0.487. The lowest BCUT2D eigenvalue weighted by Crippen LogP contribution is -2.28. The van der Waals surface area contributed by atoms with Crippen molar-refractivity contribution < 1.29 is 9.59 Å². The molecule has 2 amide bonds. The van der Waals surface area contributed by atoms with Crippen LogP contribution in [0.2, 0.25) is 0 Å². The zero-order valence-electron chi connectivity index (χ0n) is 17.0. The Morgan fingerprint density at radius 1 is 0.839 bits per heavy atom. The molecule has 6 heteroatoms. The zero-order valence-corrected chi connectivity index (χ0v) is 17.0. The van der Waals surface area contributed by atoms with Crippen LogP contribution in [0.15, 0.2) is 97.3 Å². The minimum Gasteiger partial charge on any atom is -0.345 e. The molecule has 2 N–H and O–H groups in total. The van der Waals surface area contributed by atoms with Gasteiger partial charge in [0, 0.05) is 18.0 Å². The maximum absolute atomic E-state index is 12.9. The number of hydrogen-bond acceptors (Lipinski definition) is 3. The molecule has 0 saturated carbocycles. The average Bonchev–Trinajstić information content (AvgIpc) is 3.35. The molecular weight excluding hydrogens is 388 g/mol. The van der Waals surface area contributed by atoms with Crippen molar-refractivity contribution in [2.45, 2.75) is 13.0 Å². The Balaban J connectivity index is 1.48. The summed E-state index contributed by atoms with van der Waals surface area (Å²) in [6.07, 6.45) is 3.53. The molecule has 1 atom stereocenters. The van der Waals surface area contributed by atoms with E-state index in [1.807, 2.05) is 61.7 Å². The van der Waals surface area contributed by atoms with E-state index in [1.165, 1.54) is 0 Å². The number of nitrogens with one attached hydrogen (secondary N) is 2. The molecule has 0 aliphatic rings. The predicted octanol–water partition coefficient (Wildman–Crippen LogP) is 4.62. The number of benzene rings is 3. The van der Waals surface area contributed by atoms with Crippen LogP contribution in [0.1, 0.15) is 39.2 Å². The molecule has 0 bridgehead atoms. The van der Waals surface area contributed by atoms with Gasteiger partial charge in [-0.1, -0.05) is 42.5 Å². The largest absolute Gasteiger partial charge is 0.345 e. The predicted molar refractivity (Wildman–Crippen MR) is 120 cm³/mol. The van der Waals surface area contributed by atoms with Crippen LogP contribution >= 0.6 is 0 Å². The van der Waals surface area contributed by atoms with E-state index in [0.29, 0.717) is 16.8 Å². The molecule has 1 heterocycles. The summed E-state index contributed by atoms with van der Waals surface area (Å²) in [6.45, 7) is 1.93. The van der Waals surface area contributed by atoms with Gasteiger partial charge >= 0.3 is 0 Å². The Morgan fingerprint density at radius 3 is 2.26 bits per heavy atom. The molecule has 1 unspecified atom stereocenters. The van der Waals surface area contributed by atoms with Crippen molar-refractivity contribution in [3.63, 3.8) is 0 Å². The Labute approximate surface area is 180 Å². The van der Waals surface area contributed by atoms with Crippen molar-refractivity contribution in [2.75, 3.05) is 5.32 Å². The Hall–Kier alpha value is -4.19. The summed E-state index contributed by atoms with van der Waals surface area (Å²) in [5.41, 5.74) is 3.22. The highest BCUT2D eigenvalue weighted by Crippen LogP contribution is 2.19. The molecule has 4 aromatic rings. The van der Waals surface area contributed by atoms with Crippen molar-refractivity contribution in [3.8, 4) is 5.69 Å². The van der Waals surface area contributed by atoms with Gasteiger partial charge in [0.2, 0.25) is 0 Å². The van der Waals surface area contributed by atoms with Crippen LogP contribution in [-0.4, -0.2) is 21.6 Å². The number of hydrogen-bond donors (Lipinski definition) is 2. The fourth-order valence-electron chi connectivity index (χ4n) is 3.27. The smallest absolute Gasteiger partial charge is 0.255 e. The molecule has 0 radical (unpaired) electrons. The first-order chi connectivity index (χ1) is 15.1. The maximum Gasteiger partial charge on any atom is 0.255 e. The standard InChI is InChI=1S/C25H22N4O2/c1-18(19-8-3-2-4-9-19)27-25(31)22-10-5-6-11-23(22)28-24(30)20-12-14-21(15-13-20)29-17-7-16-26-29/h2-18H,1H3,(H,27,31)(H,28,30). The highest BCUT2D eigenvalue weighted by Gasteiger charge is 2.16. The van der Waals surface area contributed by atoms with Crippen molar-refractivity contribution in [1.82, 2.24) is 15.1 Å². The van der Waals surface area contributed by atoms with Gasteiger partial charge in [0.15, 0.2) is 0 Å². The van der Waals surface area contributed by atoms with E-state index >= 15 is 0 Å². The van der Waals surface area contributed by atoms with E-state index in [9.17, 15) is 9.59 Å². The summed E-state index contributed by atoms with van der Waals surface area (Å²) < 4.78 is 1.72. The molecule has 31 heavy (non-hydrogen) atoms. The lowest BCUT2D eigenvalue weighted by Gasteiger charge is -2.16. The minimum absolute atomic E-state index is 0.160. The number of carbonyl (C=O) groups is 2. The first kappa shape index (κ1) is 20.1. The monoisotopic (exact) mass is 410 g/mol. The van der Waals surface area contributed by atoms with Crippen LogP contribution in [0.5, 0.6) is 0 Å². The van der Waals surface area contributed by atoms with Crippen molar-refractivity contribution >= 4 is 17.5 Å². The molecule has 0 aliphatic heterocycles. The van der Waals surface area contributed by atoms with Crippen LogP contribution in [0.25, 0.3) is 5.69 Å². The molecule has 154 valence electrons. The zero-order chi connectivity index (χ0) is 21.6. The number of aromatic nitrogens is 2. The van der Waals surface area contributed by atoms with E-state index in [0.717, 1.165) is 11.3 Å². The summed E-state index contributed by atoms with van der Waals surface area (Å²) in [4.78, 5) is 25.6. The third-order valence-corrected chi connectivity index (χ3v) is 4.97. The fraction of sp³-hybridized carbons (Fsp3) is 0.0800. The number of para-hydroxylation sites is 1. The van der Waals surface area contributed by atoms with E-state index < -0.39 is 0 Å². The second kappa shape index (κ2) is 9.09. The molecule has 0 spiro atoms. The highest BCUT2D eigenvalue weighted by atomic mass is 16.2. The normalized spacial score (nSPS) is 11.5. The minimum atomic E-state index is -0.289. The van der Waals surface area contributed by atoms with E-state index in [4.69, 9.17) is 0 Å². The van der Waals surface area contributed by atoms with Gasteiger partial charge in [-0.15, -0.1) is 0 Å². The van der Waals surface area contributed by atoms with E-state index in [-0.39, 0.29) is 17.9 Å². The van der Waals surface area contributed by atoms with Gasteiger partial charge in [-0.2, -0.15) is 5.10 Å². The van der Waals surface area contributed by atoms with Crippen LogP contribution < -0.4 is 10.6 Å². The van der Waals surface area contributed by atoms with Gasteiger partial charge in [-0.25, -0.2) is 4.68 Å². The van der Waals surface area contributed by atoms with Crippen LogP contribution in [0.3, 0.4) is 0 Å². The molecule has 0 fully saturated rings. The van der Waals surface area contributed by atoms with Crippen molar-refractivity contribution in [1.29, 1.82) is 0 Å². The maximum atomic E-state index is 12.9. The van der Waals surface area contributed by atoms with Crippen LogP contribution in [0, 0.1) is 0 Å². The van der Waals surface area contributed by atoms with Gasteiger partial charge in [0.1, 0.15) is 0 Å². The molecular formula is C25H22N4O2. The fourth-order valence-corrected chi connectivity index (χ4v) is 3.27. The molecule has 0 aliphatic carbocycles. The van der Waals surface area contributed by atoms with Gasteiger partial charge in [0.05, 0.1) is 23.0 Å². The lowest BCUT2D eigenvalue weighted by molar-refractivity contribution is 0.0941. The first-order valence-corrected chi connectivity index (χ1v) is 9.98. The number of rotatable bonds is 6. The van der Waals surface area contributed by atoms with Crippen molar-refractivity contribution in [2.24, 2.45) is 0 Å². The summed E-state index contributed by atoms with van der Waals surface area (Å²) >= 11 is 0. The number of anilines is 1. The average molecular weight is 410 g/mol. The number of amides is 2. The summed E-state index contributed by atoms with van der Waals surface area (Å²) in [6, 6.07) is 25.5.